The number of amides is 2. The Labute approximate surface area is 106 Å². The summed E-state index contributed by atoms with van der Waals surface area (Å²) in [6.45, 7) is 2.71. The van der Waals surface area contributed by atoms with Gasteiger partial charge in [0.25, 0.3) is 5.91 Å². The maximum absolute atomic E-state index is 12.3. The number of anilines is 1. The number of aryl methyl sites for hydroxylation is 1. The zero-order chi connectivity index (χ0) is 13.5. The first-order valence-corrected chi connectivity index (χ1v) is 5.84. The van der Waals surface area contributed by atoms with E-state index in [4.69, 9.17) is 11.5 Å². The van der Waals surface area contributed by atoms with E-state index in [1.807, 2.05) is 0 Å². The van der Waals surface area contributed by atoms with Crippen molar-refractivity contribution in [3.05, 3.63) is 18.0 Å². The number of primary amides is 1. The minimum atomic E-state index is -0.619. The summed E-state index contributed by atoms with van der Waals surface area (Å²) in [6, 6.07) is 1.64. The van der Waals surface area contributed by atoms with Gasteiger partial charge in [0.15, 0.2) is 0 Å². The van der Waals surface area contributed by atoms with E-state index in [0.29, 0.717) is 30.9 Å². The second-order valence-electron chi connectivity index (χ2n) is 5.17. The molecule has 6 heteroatoms. The zero-order valence-electron chi connectivity index (χ0n) is 10.6. The standard InChI is InChI=1S/C12H18N4O2/c1-12(11(14)18)3-4-16(7-12)10(17)9-5-8(13)6-15(9)2/h5-6H,3-4,7,13H2,1-2H3,(H2,14,18). The summed E-state index contributed by atoms with van der Waals surface area (Å²) in [5.41, 5.74) is 11.5. The van der Waals surface area contributed by atoms with Crippen LogP contribution >= 0.6 is 0 Å². The summed E-state index contributed by atoms with van der Waals surface area (Å²) in [7, 11) is 1.77. The van der Waals surface area contributed by atoms with Gasteiger partial charge in [-0.15, -0.1) is 0 Å². The number of nitrogens with zero attached hydrogens (tertiary/aromatic N) is 2. The van der Waals surface area contributed by atoms with Gasteiger partial charge in [-0.05, 0) is 19.4 Å². The lowest BCUT2D eigenvalue weighted by Gasteiger charge is -2.21. The molecule has 6 nitrogen and oxygen atoms in total. The topological polar surface area (TPSA) is 94.3 Å². The molecule has 1 atom stereocenters. The van der Waals surface area contributed by atoms with E-state index < -0.39 is 5.41 Å². The highest BCUT2D eigenvalue weighted by Crippen LogP contribution is 2.30. The minimum Gasteiger partial charge on any atom is -0.397 e. The molecular weight excluding hydrogens is 232 g/mol. The summed E-state index contributed by atoms with van der Waals surface area (Å²) in [4.78, 5) is 25.3. The van der Waals surface area contributed by atoms with Gasteiger partial charge in [-0.1, -0.05) is 0 Å². The lowest BCUT2D eigenvalue weighted by molar-refractivity contribution is -0.126. The first kappa shape index (κ1) is 12.5. The van der Waals surface area contributed by atoms with E-state index in [1.165, 1.54) is 0 Å². The Morgan fingerprint density at radius 3 is 2.56 bits per heavy atom. The number of aromatic nitrogens is 1. The second kappa shape index (κ2) is 4.04. The molecule has 1 aromatic rings. The lowest BCUT2D eigenvalue weighted by atomic mass is 9.89. The van der Waals surface area contributed by atoms with E-state index in [2.05, 4.69) is 0 Å². The SMILES string of the molecule is Cn1cc(N)cc1C(=O)N1CCC(C)(C(N)=O)C1. The quantitative estimate of drug-likeness (QED) is 0.770. The Morgan fingerprint density at radius 1 is 1.44 bits per heavy atom. The van der Waals surface area contributed by atoms with Gasteiger partial charge in [0.05, 0.1) is 11.1 Å². The number of hydrogen-bond acceptors (Lipinski definition) is 3. The molecule has 1 fully saturated rings. The molecular formula is C12H18N4O2. The van der Waals surface area contributed by atoms with Crippen LogP contribution in [0.2, 0.25) is 0 Å². The van der Waals surface area contributed by atoms with Crippen molar-refractivity contribution in [2.45, 2.75) is 13.3 Å². The molecule has 1 aliphatic heterocycles. The molecule has 0 saturated carbocycles. The van der Waals surface area contributed by atoms with Crippen LogP contribution in [-0.4, -0.2) is 34.4 Å². The van der Waals surface area contributed by atoms with Crippen molar-refractivity contribution in [1.82, 2.24) is 9.47 Å². The maximum Gasteiger partial charge on any atom is 0.270 e. The van der Waals surface area contributed by atoms with Crippen LogP contribution in [0, 0.1) is 5.41 Å². The van der Waals surface area contributed by atoms with Crippen molar-refractivity contribution < 1.29 is 9.59 Å². The highest BCUT2D eigenvalue weighted by molar-refractivity contribution is 5.95. The number of likely N-dealkylation sites (tertiary alicyclic amines) is 1. The molecule has 0 aromatic carbocycles. The molecule has 98 valence electrons. The highest BCUT2D eigenvalue weighted by atomic mass is 16.2. The fraction of sp³-hybridized carbons (Fsp3) is 0.500. The third kappa shape index (κ3) is 1.94. The predicted molar refractivity (Wildman–Crippen MR) is 67.6 cm³/mol. The summed E-state index contributed by atoms with van der Waals surface area (Å²) >= 11 is 0. The van der Waals surface area contributed by atoms with Crippen LogP contribution in [0.1, 0.15) is 23.8 Å². The summed E-state index contributed by atoms with van der Waals surface area (Å²) in [5.74, 6) is -0.469. The number of rotatable bonds is 2. The zero-order valence-corrected chi connectivity index (χ0v) is 10.6. The van der Waals surface area contributed by atoms with Crippen molar-refractivity contribution in [3.63, 3.8) is 0 Å². The fourth-order valence-electron chi connectivity index (χ4n) is 2.30. The number of nitrogens with two attached hydrogens (primary N) is 2. The molecule has 4 N–H and O–H groups in total. The summed E-state index contributed by atoms with van der Waals surface area (Å²) in [6.07, 6.45) is 2.30. The van der Waals surface area contributed by atoms with Gasteiger partial charge >= 0.3 is 0 Å². The molecule has 0 spiro atoms. The first-order chi connectivity index (χ1) is 8.33. The average molecular weight is 250 g/mol. The summed E-state index contributed by atoms with van der Waals surface area (Å²) < 4.78 is 1.69. The van der Waals surface area contributed by atoms with Crippen molar-refractivity contribution in [3.8, 4) is 0 Å². The molecule has 18 heavy (non-hydrogen) atoms. The van der Waals surface area contributed by atoms with E-state index in [-0.39, 0.29) is 11.8 Å². The van der Waals surface area contributed by atoms with E-state index in [9.17, 15) is 9.59 Å². The Bertz CT molecular complexity index is 508. The maximum atomic E-state index is 12.3. The van der Waals surface area contributed by atoms with Crippen molar-refractivity contribution in [1.29, 1.82) is 0 Å². The Kier molecular flexibility index (Phi) is 2.80. The Balaban J connectivity index is 2.18. The number of hydrogen-bond donors (Lipinski definition) is 2. The Hall–Kier alpha value is -1.98. The van der Waals surface area contributed by atoms with E-state index in [0.717, 1.165) is 0 Å². The molecule has 1 saturated heterocycles. The van der Waals surface area contributed by atoms with Crippen LogP contribution in [0.3, 0.4) is 0 Å². The van der Waals surface area contributed by atoms with E-state index in [1.54, 1.807) is 35.7 Å². The molecule has 0 bridgehead atoms. The van der Waals surface area contributed by atoms with Crippen LogP contribution in [-0.2, 0) is 11.8 Å². The molecule has 1 unspecified atom stereocenters. The average Bonchev–Trinajstić information content (AvgIpc) is 2.82. The Morgan fingerprint density at radius 2 is 2.11 bits per heavy atom. The molecule has 0 aliphatic carbocycles. The smallest absolute Gasteiger partial charge is 0.270 e. The predicted octanol–water partition coefficient (Wildman–Crippen LogP) is -0.0552. The number of nitrogen functional groups attached to an aromatic ring is 1. The third-order valence-electron chi connectivity index (χ3n) is 3.60. The van der Waals surface area contributed by atoms with Crippen molar-refractivity contribution >= 4 is 17.5 Å². The van der Waals surface area contributed by atoms with Crippen LogP contribution < -0.4 is 11.5 Å². The third-order valence-corrected chi connectivity index (χ3v) is 3.60. The van der Waals surface area contributed by atoms with Crippen LogP contribution in [0.25, 0.3) is 0 Å². The number of carbonyl (C=O) groups is 2. The second-order valence-corrected chi connectivity index (χ2v) is 5.17. The largest absolute Gasteiger partial charge is 0.397 e. The van der Waals surface area contributed by atoms with Gasteiger partial charge in [0, 0.05) is 26.3 Å². The summed E-state index contributed by atoms with van der Waals surface area (Å²) in [5, 5.41) is 0. The minimum absolute atomic E-state index is 0.112. The van der Waals surface area contributed by atoms with Crippen molar-refractivity contribution in [2.24, 2.45) is 18.2 Å². The first-order valence-electron chi connectivity index (χ1n) is 5.84. The molecule has 1 aliphatic rings. The monoisotopic (exact) mass is 250 g/mol. The van der Waals surface area contributed by atoms with Crippen LogP contribution in [0.4, 0.5) is 5.69 Å². The van der Waals surface area contributed by atoms with Crippen LogP contribution in [0.5, 0.6) is 0 Å². The fourth-order valence-corrected chi connectivity index (χ4v) is 2.30. The van der Waals surface area contributed by atoms with Gasteiger partial charge in [0.1, 0.15) is 5.69 Å². The molecule has 1 aromatic heterocycles. The normalized spacial score (nSPS) is 23.3. The van der Waals surface area contributed by atoms with Gasteiger partial charge in [-0.3, -0.25) is 9.59 Å². The highest BCUT2D eigenvalue weighted by Gasteiger charge is 2.41. The lowest BCUT2D eigenvalue weighted by Crippen LogP contribution is -2.39. The van der Waals surface area contributed by atoms with Gasteiger partial charge < -0.3 is 20.9 Å². The van der Waals surface area contributed by atoms with Gasteiger partial charge in [0.2, 0.25) is 5.91 Å². The number of carbonyl (C=O) groups excluding carboxylic acids is 2. The molecule has 2 amide bonds. The van der Waals surface area contributed by atoms with Crippen LogP contribution in [0.15, 0.2) is 12.3 Å². The van der Waals surface area contributed by atoms with Gasteiger partial charge in [-0.2, -0.15) is 0 Å². The van der Waals surface area contributed by atoms with Crippen molar-refractivity contribution in [2.75, 3.05) is 18.8 Å². The van der Waals surface area contributed by atoms with E-state index >= 15 is 0 Å². The van der Waals surface area contributed by atoms with Gasteiger partial charge in [-0.25, -0.2) is 0 Å². The molecule has 0 radical (unpaired) electrons. The molecule has 2 rings (SSSR count). The molecule has 2 heterocycles.